The van der Waals surface area contributed by atoms with Gasteiger partial charge >= 0.3 is 91.9 Å². The minimum atomic E-state index is -0.385. The number of hydrogen-bond donors (Lipinski definition) is 0. The Hall–Kier alpha value is 0.133. The number of alkyl halides is 1. The van der Waals surface area contributed by atoms with Crippen molar-refractivity contribution < 1.29 is 23.2 Å². The molecule has 0 radical (unpaired) electrons. The van der Waals surface area contributed by atoms with Gasteiger partial charge in [-0.25, -0.2) is 0 Å². The van der Waals surface area contributed by atoms with Crippen molar-refractivity contribution in [3.05, 3.63) is 42.0 Å². The molecule has 0 amide bonds. The summed E-state index contributed by atoms with van der Waals surface area (Å²) in [6, 6.07) is 0. The van der Waals surface area contributed by atoms with Crippen LogP contribution in [0.1, 0.15) is 26.7 Å². The van der Waals surface area contributed by atoms with Gasteiger partial charge in [0.1, 0.15) is 0 Å². The van der Waals surface area contributed by atoms with Crippen LogP contribution in [0, 0.1) is 0 Å². The van der Waals surface area contributed by atoms with Gasteiger partial charge in [0.15, 0.2) is 0 Å². The van der Waals surface area contributed by atoms with Crippen LogP contribution in [-0.4, -0.2) is 6.38 Å². The third-order valence-electron chi connectivity index (χ3n) is 2.63. The van der Waals surface area contributed by atoms with E-state index in [0.717, 1.165) is 0 Å². The number of allylic oxidation sites excluding steroid dienone is 8. The van der Waals surface area contributed by atoms with Crippen molar-refractivity contribution in [2.45, 2.75) is 26.7 Å². The van der Waals surface area contributed by atoms with Crippen molar-refractivity contribution in [2.75, 3.05) is 6.38 Å². The molecule has 15 heavy (non-hydrogen) atoms. The first-order valence-corrected chi connectivity index (χ1v) is 8.36. The summed E-state index contributed by atoms with van der Waals surface area (Å²) in [5.41, 5.74) is 3.11. The molecule has 0 bridgehead atoms. The zero-order valence-electron chi connectivity index (χ0n) is 9.60. The molecule has 0 atom stereocenters. The largest absolute Gasteiger partial charge is 0.130 e. The fourth-order valence-electron chi connectivity index (χ4n) is 1.71. The van der Waals surface area contributed by atoms with E-state index in [-0.39, 0.29) is 23.2 Å². The van der Waals surface area contributed by atoms with Crippen molar-refractivity contribution in [3.8, 4) is 0 Å². The second-order valence-corrected chi connectivity index (χ2v) is 7.24. The van der Waals surface area contributed by atoms with Gasteiger partial charge in [0.05, 0.1) is 0 Å². The molecule has 0 saturated carbocycles. The first-order valence-electron chi connectivity index (χ1n) is 5.15. The van der Waals surface area contributed by atoms with Crippen molar-refractivity contribution in [1.29, 1.82) is 0 Å². The van der Waals surface area contributed by atoms with Crippen LogP contribution < -0.4 is 0 Å². The summed E-state index contributed by atoms with van der Waals surface area (Å²) in [5.74, 6) is 0. The normalized spacial score (nSPS) is 18.4. The van der Waals surface area contributed by atoms with E-state index in [1.807, 2.05) is 0 Å². The van der Waals surface area contributed by atoms with Crippen molar-refractivity contribution in [3.63, 3.8) is 0 Å². The Morgan fingerprint density at radius 2 is 1.33 bits per heavy atom. The Labute approximate surface area is 109 Å². The van der Waals surface area contributed by atoms with Crippen LogP contribution in [0.4, 0.5) is 0 Å². The molecule has 0 spiro atoms. The van der Waals surface area contributed by atoms with Gasteiger partial charge in [0.25, 0.3) is 0 Å². The van der Waals surface area contributed by atoms with Crippen LogP contribution in [0.2, 0.25) is 0 Å². The van der Waals surface area contributed by atoms with Crippen LogP contribution in [0.25, 0.3) is 0 Å². The summed E-state index contributed by atoms with van der Waals surface area (Å²) in [4.78, 5) is 0. The molecule has 2 rings (SSSR count). The van der Waals surface area contributed by atoms with E-state index in [1.165, 1.54) is 19.2 Å². The van der Waals surface area contributed by atoms with Crippen LogP contribution in [0.5, 0.6) is 0 Å². The quantitative estimate of drug-likeness (QED) is 0.663. The van der Waals surface area contributed by atoms with E-state index < -0.39 is 0 Å². The molecular weight excluding hydrogens is 283 g/mol. The Bertz CT molecular complexity index is 312. The number of rotatable bonds is 2. The Balaban J connectivity index is 0.000000531. The summed E-state index contributed by atoms with van der Waals surface area (Å²) in [7, 11) is 0. The van der Waals surface area contributed by atoms with E-state index in [9.17, 15) is 0 Å². The summed E-state index contributed by atoms with van der Waals surface area (Å²) < 4.78 is 3.56. The molecule has 0 aromatic heterocycles. The van der Waals surface area contributed by atoms with Crippen LogP contribution >= 0.6 is 11.6 Å². The first kappa shape index (κ1) is 13.2. The van der Waals surface area contributed by atoms with E-state index in [0.29, 0.717) is 0 Å². The first-order chi connectivity index (χ1) is 7.27. The number of hydrogen-bond acceptors (Lipinski definition) is 0. The van der Waals surface area contributed by atoms with Gasteiger partial charge in [0.2, 0.25) is 0 Å². The van der Waals surface area contributed by atoms with Gasteiger partial charge in [0, 0.05) is 6.38 Å². The van der Waals surface area contributed by atoms with Gasteiger partial charge in [-0.2, -0.15) is 0 Å². The molecular formula is C13H17ClZr. The van der Waals surface area contributed by atoms with Crippen LogP contribution in [0.3, 0.4) is 0 Å². The SMILES string of the molecule is CC1=[C]([Zr][C]2=C(C)C=CC2)CC=C1.CCl. The topological polar surface area (TPSA) is 0 Å². The molecule has 0 unspecified atom stereocenters. The second kappa shape index (κ2) is 6.66. The van der Waals surface area contributed by atoms with Crippen LogP contribution in [0.15, 0.2) is 42.0 Å². The molecule has 0 aliphatic heterocycles. The minimum Gasteiger partial charge on any atom is -0.130 e. The van der Waals surface area contributed by atoms with E-state index in [1.54, 1.807) is 17.7 Å². The molecule has 0 fully saturated rings. The van der Waals surface area contributed by atoms with Gasteiger partial charge in [-0.05, 0) is 0 Å². The van der Waals surface area contributed by atoms with Crippen LogP contribution in [-0.2, 0) is 23.2 Å². The summed E-state index contributed by atoms with van der Waals surface area (Å²) in [5, 5.41) is 0. The summed E-state index contributed by atoms with van der Waals surface area (Å²) in [6.07, 6.45) is 13.2. The monoisotopic (exact) mass is 298 g/mol. The van der Waals surface area contributed by atoms with E-state index in [4.69, 9.17) is 0 Å². The standard InChI is InChI=1S/2C6H7.CH3Cl.Zr/c2*1-6-4-2-3-5-6;1-2;/h2*2,4H,3H2,1H3;1H3;. The zero-order valence-corrected chi connectivity index (χ0v) is 12.8. The molecule has 0 nitrogen and oxygen atoms in total. The minimum absolute atomic E-state index is 0.385. The predicted molar refractivity (Wildman–Crippen MR) is 64.7 cm³/mol. The van der Waals surface area contributed by atoms with Gasteiger partial charge < -0.3 is 0 Å². The second-order valence-electron chi connectivity index (χ2n) is 3.66. The predicted octanol–water partition coefficient (Wildman–Crippen LogP) is 4.39. The van der Waals surface area contributed by atoms with Crippen molar-refractivity contribution in [1.82, 2.24) is 0 Å². The summed E-state index contributed by atoms with van der Waals surface area (Å²) in [6.45, 7) is 4.52. The maximum atomic E-state index is 4.64. The number of halogens is 1. The van der Waals surface area contributed by atoms with Gasteiger partial charge in [-0.15, -0.1) is 11.6 Å². The third kappa shape index (κ3) is 3.57. The molecule has 2 heteroatoms. The molecule has 2 aliphatic carbocycles. The van der Waals surface area contributed by atoms with Gasteiger partial charge in [-0.3, -0.25) is 0 Å². The molecule has 0 aromatic rings. The fourth-order valence-corrected chi connectivity index (χ4v) is 5.07. The fraction of sp³-hybridized carbons (Fsp3) is 0.385. The maximum Gasteiger partial charge on any atom is 0.0108 e. The average Bonchev–Trinajstić information content (AvgIpc) is 2.82. The molecule has 0 aromatic carbocycles. The van der Waals surface area contributed by atoms with Crippen molar-refractivity contribution in [2.24, 2.45) is 0 Å². The summed E-state index contributed by atoms with van der Waals surface area (Å²) >= 11 is 4.25. The maximum absolute atomic E-state index is 4.64. The smallest absolute Gasteiger partial charge is 0.0108 e. The molecule has 0 N–H and O–H groups in total. The van der Waals surface area contributed by atoms with E-state index in [2.05, 4.69) is 49.8 Å². The molecule has 80 valence electrons. The average molecular weight is 300 g/mol. The Kier molecular flexibility index (Phi) is 5.86. The third-order valence-corrected chi connectivity index (χ3v) is 7.06. The molecule has 2 aliphatic rings. The van der Waals surface area contributed by atoms with Crippen molar-refractivity contribution >= 4 is 11.6 Å². The van der Waals surface area contributed by atoms with Gasteiger partial charge in [-0.1, -0.05) is 0 Å². The molecule has 0 saturated heterocycles. The Morgan fingerprint density at radius 3 is 1.60 bits per heavy atom. The zero-order chi connectivity index (χ0) is 11.3. The molecule has 0 heterocycles. The van der Waals surface area contributed by atoms with E-state index >= 15 is 0 Å². The Morgan fingerprint density at radius 1 is 0.933 bits per heavy atom.